The molecule has 31 heavy (non-hydrogen) atoms. The molecule has 5 nitrogen and oxygen atoms in total. The minimum absolute atomic E-state index is 0.00932. The lowest BCUT2D eigenvalue weighted by Crippen LogP contribution is -2.29. The number of ether oxygens (including phenoxy) is 3. The molecule has 2 N–H and O–H groups in total. The highest BCUT2D eigenvalue weighted by atomic mass is 79.9. The van der Waals surface area contributed by atoms with Crippen molar-refractivity contribution in [1.82, 2.24) is 5.32 Å². The van der Waals surface area contributed by atoms with Crippen molar-refractivity contribution < 1.29 is 19.3 Å². The molecular formula is C25H36BrNO4. The Balaban J connectivity index is 2.36. The maximum atomic E-state index is 10.1. The first-order valence-electron chi connectivity index (χ1n) is 10.8. The van der Waals surface area contributed by atoms with E-state index in [2.05, 4.69) is 61.1 Å². The number of nitrogens with one attached hydrogen (secondary N) is 1. The lowest BCUT2D eigenvalue weighted by molar-refractivity contribution is -0.00947. The van der Waals surface area contributed by atoms with E-state index in [0.717, 1.165) is 27.8 Å². The van der Waals surface area contributed by atoms with Crippen LogP contribution in [0.4, 0.5) is 0 Å². The van der Waals surface area contributed by atoms with E-state index in [-0.39, 0.29) is 30.9 Å². The quantitative estimate of drug-likeness (QED) is 0.301. The molecule has 0 spiro atoms. The summed E-state index contributed by atoms with van der Waals surface area (Å²) < 4.78 is 17.5. The Morgan fingerprint density at radius 3 is 2.35 bits per heavy atom. The lowest BCUT2D eigenvalue weighted by Gasteiger charge is -2.29. The van der Waals surface area contributed by atoms with Crippen LogP contribution in [0.25, 0.3) is 0 Å². The van der Waals surface area contributed by atoms with Crippen molar-refractivity contribution >= 4 is 15.9 Å². The Morgan fingerprint density at radius 1 is 1.06 bits per heavy atom. The molecule has 2 aromatic carbocycles. The summed E-state index contributed by atoms with van der Waals surface area (Å²) in [5.41, 5.74) is 3.30. The van der Waals surface area contributed by atoms with Gasteiger partial charge in [-0.15, -0.1) is 0 Å². The number of hydrogen-bond acceptors (Lipinski definition) is 5. The highest BCUT2D eigenvalue weighted by molar-refractivity contribution is 9.10. The molecule has 0 saturated carbocycles. The normalized spacial score (nSPS) is 13.8. The molecule has 1 unspecified atom stereocenters. The van der Waals surface area contributed by atoms with E-state index in [1.54, 1.807) is 7.11 Å². The minimum atomic E-state index is -0.172. The molecular weight excluding hydrogens is 458 g/mol. The number of aliphatic hydroxyl groups excluding tert-OH is 1. The Hall–Kier alpha value is -1.44. The van der Waals surface area contributed by atoms with Crippen LogP contribution in [-0.2, 0) is 14.9 Å². The van der Waals surface area contributed by atoms with Crippen LogP contribution < -0.4 is 10.1 Å². The standard InChI is InChI=1S/C25H36BrNO4/c1-6-22(27-23(16-28)18-10-8-7-9-11-18)20-14-19(25(2,3)4)15-21(26)24(20)31-17-30-13-12-29-5/h7-11,14-15,22-23,27-28H,6,12-13,16-17H2,1-5H3/t22?,23-/m1/s1. The molecule has 0 saturated heterocycles. The topological polar surface area (TPSA) is 60.0 Å². The van der Waals surface area contributed by atoms with Crippen molar-refractivity contribution in [3.05, 3.63) is 63.6 Å². The summed E-state index contributed by atoms with van der Waals surface area (Å²) in [5.74, 6) is 0.759. The summed E-state index contributed by atoms with van der Waals surface area (Å²) in [6.07, 6.45) is 0.838. The van der Waals surface area contributed by atoms with Crippen LogP contribution in [0.1, 0.15) is 62.9 Å². The number of benzene rings is 2. The molecule has 0 aromatic heterocycles. The largest absolute Gasteiger partial charge is 0.466 e. The van der Waals surface area contributed by atoms with E-state index in [4.69, 9.17) is 14.2 Å². The first-order chi connectivity index (χ1) is 14.8. The third kappa shape index (κ3) is 7.58. The summed E-state index contributed by atoms with van der Waals surface area (Å²) in [6, 6.07) is 14.2. The van der Waals surface area contributed by atoms with Crippen molar-refractivity contribution in [2.24, 2.45) is 0 Å². The van der Waals surface area contributed by atoms with Crippen LogP contribution >= 0.6 is 15.9 Å². The lowest BCUT2D eigenvalue weighted by atomic mass is 9.84. The van der Waals surface area contributed by atoms with E-state index >= 15 is 0 Å². The van der Waals surface area contributed by atoms with Gasteiger partial charge in [0.05, 0.1) is 30.3 Å². The molecule has 0 heterocycles. The number of halogens is 1. The Kier molecular flexibility index (Phi) is 10.5. The van der Waals surface area contributed by atoms with Gasteiger partial charge in [0, 0.05) is 18.7 Å². The summed E-state index contributed by atoms with van der Waals surface area (Å²) in [6.45, 7) is 9.87. The van der Waals surface area contributed by atoms with E-state index in [0.29, 0.717) is 13.2 Å². The maximum Gasteiger partial charge on any atom is 0.189 e. The minimum Gasteiger partial charge on any atom is -0.466 e. The Labute approximate surface area is 195 Å². The van der Waals surface area contributed by atoms with Gasteiger partial charge < -0.3 is 24.6 Å². The zero-order valence-electron chi connectivity index (χ0n) is 19.3. The van der Waals surface area contributed by atoms with Crippen LogP contribution in [0.3, 0.4) is 0 Å². The van der Waals surface area contributed by atoms with E-state index in [1.165, 1.54) is 5.56 Å². The summed E-state index contributed by atoms with van der Waals surface area (Å²) >= 11 is 3.72. The smallest absolute Gasteiger partial charge is 0.189 e. The second kappa shape index (κ2) is 12.6. The van der Waals surface area contributed by atoms with Crippen molar-refractivity contribution in [1.29, 1.82) is 0 Å². The van der Waals surface area contributed by atoms with Gasteiger partial charge in [-0.05, 0) is 51.0 Å². The molecule has 2 atom stereocenters. The molecule has 172 valence electrons. The van der Waals surface area contributed by atoms with E-state index in [1.807, 2.05) is 30.3 Å². The van der Waals surface area contributed by atoms with Crippen molar-refractivity contribution in [2.75, 3.05) is 33.7 Å². The highest BCUT2D eigenvalue weighted by Gasteiger charge is 2.25. The van der Waals surface area contributed by atoms with Gasteiger partial charge in [0.2, 0.25) is 0 Å². The van der Waals surface area contributed by atoms with Gasteiger partial charge in [-0.3, -0.25) is 0 Å². The van der Waals surface area contributed by atoms with Crippen LogP contribution in [0, 0.1) is 0 Å². The molecule has 6 heteroatoms. The molecule has 0 bridgehead atoms. The summed E-state index contributed by atoms with van der Waals surface area (Å²) in [4.78, 5) is 0. The molecule has 0 radical (unpaired) electrons. The predicted octanol–water partition coefficient (Wildman–Crippen LogP) is 5.52. The predicted molar refractivity (Wildman–Crippen MR) is 129 cm³/mol. The zero-order chi connectivity index (χ0) is 22.9. The van der Waals surface area contributed by atoms with Gasteiger partial charge in [0.1, 0.15) is 5.75 Å². The van der Waals surface area contributed by atoms with E-state index in [9.17, 15) is 5.11 Å². The van der Waals surface area contributed by atoms with Gasteiger partial charge >= 0.3 is 0 Å². The fourth-order valence-corrected chi connectivity index (χ4v) is 3.96. The van der Waals surface area contributed by atoms with Gasteiger partial charge in [0.15, 0.2) is 6.79 Å². The molecule has 0 amide bonds. The first kappa shape index (κ1) is 25.8. The van der Waals surface area contributed by atoms with E-state index < -0.39 is 0 Å². The molecule has 0 fully saturated rings. The average molecular weight is 494 g/mol. The summed E-state index contributed by atoms with van der Waals surface area (Å²) in [7, 11) is 1.64. The molecule has 0 aliphatic carbocycles. The molecule has 2 rings (SSSR count). The number of methoxy groups -OCH3 is 1. The second-order valence-corrected chi connectivity index (χ2v) is 9.42. The van der Waals surface area contributed by atoms with Gasteiger partial charge in [-0.25, -0.2) is 0 Å². The van der Waals surface area contributed by atoms with Crippen molar-refractivity contribution in [2.45, 2.75) is 51.6 Å². The highest BCUT2D eigenvalue weighted by Crippen LogP contribution is 2.39. The number of rotatable bonds is 12. The van der Waals surface area contributed by atoms with Crippen LogP contribution in [-0.4, -0.2) is 38.8 Å². The summed E-state index contributed by atoms with van der Waals surface area (Å²) in [5, 5.41) is 13.7. The second-order valence-electron chi connectivity index (χ2n) is 8.56. The molecule has 0 aliphatic rings. The molecule has 2 aromatic rings. The van der Waals surface area contributed by atoms with Crippen molar-refractivity contribution in [3.63, 3.8) is 0 Å². The number of aliphatic hydroxyl groups is 1. The van der Waals surface area contributed by atoms with Gasteiger partial charge in [-0.1, -0.05) is 58.0 Å². The molecule has 0 aliphatic heterocycles. The average Bonchev–Trinajstić information content (AvgIpc) is 2.75. The van der Waals surface area contributed by atoms with Gasteiger partial charge in [0.25, 0.3) is 0 Å². The van der Waals surface area contributed by atoms with Crippen LogP contribution in [0.5, 0.6) is 5.75 Å². The van der Waals surface area contributed by atoms with Crippen LogP contribution in [0.15, 0.2) is 46.9 Å². The van der Waals surface area contributed by atoms with Crippen molar-refractivity contribution in [3.8, 4) is 5.75 Å². The van der Waals surface area contributed by atoms with Crippen LogP contribution in [0.2, 0.25) is 0 Å². The fraction of sp³-hybridized carbons (Fsp3) is 0.520. The SMILES string of the molecule is CCC(N[C@H](CO)c1ccccc1)c1cc(C(C)(C)C)cc(Br)c1OCOCCOC. The third-order valence-corrected chi connectivity index (χ3v) is 5.82. The Morgan fingerprint density at radius 2 is 1.77 bits per heavy atom. The number of hydrogen-bond donors (Lipinski definition) is 2. The monoisotopic (exact) mass is 493 g/mol. The fourth-order valence-electron chi connectivity index (χ4n) is 3.37. The van der Waals surface area contributed by atoms with Gasteiger partial charge in [-0.2, -0.15) is 0 Å². The Bertz CT molecular complexity index is 792. The third-order valence-electron chi connectivity index (χ3n) is 5.23. The maximum absolute atomic E-state index is 10.1. The zero-order valence-corrected chi connectivity index (χ0v) is 20.9. The first-order valence-corrected chi connectivity index (χ1v) is 11.6.